The summed E-state index contributed by atoms with van der Waals surface area (Å²) >= 11 is 0. The zero-order chi connectivity index (χ0) is 18.1. The lowest BCUT2D eigenvalue weighted by molar-refractivity contribution is 0.355. The van der Waals surface area contributed by atoms with Gasteiger partial charge in [-0.15, -0.1) is 0 Å². The molecule has 0 fully saturated rings. The number of rotatable bonds is 5. The summed E-state index contributed by atoms with van der Waals surface area (Å²) in [4.78, 5) is 16.4. The molecule has 0 spiro atoms. The van der Waals surface area contributed by atoms with Crippen LogP contribution in [0.25, 0.3) is 22.6 Å². The van der Waals surface area contributed by atoms with E-state index in [4.69, 9.17) is 18.4 Å². The molecule has 0 aliphatic carbocycles. The smallest absolute Gasteiger partial charge is 0.420 e. The second kappa shape index (κ2) is 6.40. The van der Waals surface area contributed by atoms with E-state index in [9.17, 15) is 4.79 Å². The van der Waals surface area contributed by atoms with Crippen molar-refractivity contribution in [3.63, 3.8) is 0 Å². The molecular formula is C18H15N3O5. The summed E-state index contributed by atoms with van der Waals surface area (Å²) in [6.45, 7) is 0.145. The monoisotopic (exact) mass is 353 g/mol. The van der Waals surface area contributed by atoms with Crippen LogP contribution < -0.4 is 15.2 Å². The zero-order valence-electron chi connectivity index (χ0n) is 14.1. The van der Waals surface area contributed by atoms with Crippen LogP contribution in [-0.2, 0) is 6.54 Å². The Bertz CT molecular complexity index is 1130. The number of methoxy groups -OCH3 is 2. The van der Waals surface area contributed by atoms with Gasteiger partial charge in [0.1, 0.15) is 0 Å². The van der Waals surface area contributed by atoms with E-state index in [1.165, 1.54) is 4.57 Å². The summed E-state index contributed by atoms with van der Waals surface area (Å²) in [5.41, 5.74) is 1.88. The Hall–Kier alpha value is -3.55. The standard InChI is InChI=1S/C18H15N3O5/c1-23-14-8-7-11(9-15(14)24-2)17-19-16(20-26-17)10-21-12-5-3-4-6-13(12)25-18(21)22/h3-9H,10H2,1-2H3. The highest BCUT2D eigenvalue weighted by Gasteiger charge is 2.15. The number of para-hydroxylation sites is 2. The summed E-state index contributed by atoms with van der Waals surface area (Å²) in [6, 6.07) is 12.5. The van der Waals surface area contributed by atoms with Gasteiger partial charge >= 0.3 is 5.76 Å². The van der Waals surface area contributed by atoms with Crippen LogP contribution >= 0.6 is 0 Å². The predicted molar refractivity (Wildman–Crippen MR) is 92.4 cm³/mol. The molecule has 8 nitrogen and oxygen atoms in total. The average Bonchev–Trinajstić information content (AvgIpc) is 3.26. The first-order valence-corrected chi connectivity index (χ1v) is 7.83. The van der Waals surface area contributed by atoms with Crippen molar-refractivity contribution in [1.29, 1.82) is 0 Å². The molecule has 0 saturated carbocycles. The van der Waals surface area contributed by atoms with E-state index < -0.39 is 5.76 Å². The van der Waals surface area contributed by atoms with Gasteiger partial charge in [-0.3, -0.25) is 4.57 Å². The Morgan fingerprint density at radius 3 is 2.69 bits per heavy atom. The Balaban J connectivity index is 1.66. The van der Waals surface area contributed by atoms with Crippen LogP contribution in [0.15, 0.2) is 56.2 Å². The number of benzene rings is 2. The number of hydrogen-bond donors (Lipinski definition) is 0. The van der Waals surface area contributed by atoms with Gasteiger partial charge < -0.3 is 18.4 Å². The molecule has 0 bridgehead atoms. The number of fused-ring (bicyclic) bond motifs is 1. The molecule has 2 aromatic carbocycles. The third-order valence-corrected chi connectivity index (χ3v) is 3.97. The van der Waals surface area contributed by atoms with Gasteiger partial charge in [0, 0.05) is 5.56 Å². The fourth-order valence-electron chi connectivity index (χ4n) is 2.71. The van der Waals surface area contributed by atoms with Crippen LogP contribution in [0, 0.1) is 0 Å². The van der Waals surface area contributed by atoms with Crippen LogP contribution in [0.5, 0.6) is 11.5 Å². The minimum absolute atomic E-state index is 0.145. The van der Waals surface area contributed by atoms with Crippen molar-refractivity contribution in [2.24, 2.45) is 0 Å². The van der Waals surface area contributed by atoms with Crippen molar-refractivity contribution in [2.45, 2.75) is 6.54 Å². The lowest BCUT2D eigenvalue weighted by atomic mass is 10.2. The van der Waals surface area contributed by atoms with Gasteiger partial charge in [-0.2, -0.15) is 4.98 Å². The third-order valence-electron chi connectivity index (χ3n) is 3.97. The SMILES string of the molecule is COc1ccc(-c2nc(Cn3c(=O)oc4ccccc43)no2)cc1OC. The van der Waals surface area contributed by atoms with Gasteiger partial charge in [0.2, 0.25) is 0 Å². The fourth-order valence-corrected chi connectivity index (χ4v) is 2.71. The van der Waals surface area contributed by atoms with E-state index in [1.807, 2.05) is 6.07 Å². The number of hydrogen-bond acceptors (Lipinski definition) is 7. The summed E-state index contributed by atoms with van der Waals surface area (Å²) < 4.78 is 22.5. The summed E-state index contributed by atoms with van der Waals surface area (Å²) in [5, 5.41) is 3.95. The first-order chi connectivity index (χ1) is 12.7. The van der Waals surface area contributed by atoms with Crippen molar-refractivity contribution >= 4 is 11.1 Å². The van der Waals surface area contributed by atoms with E-state index in [0.29, 0.717) is 39.9 Å². The van der Waals surface area contributed by atoms with E-state index in [-0.39, 0.29) is 6.54 Å². The Kier molecular flexibility index (Phi) is 3.92. The lowest BCUT2D eigenvalue weighted by Crippen LogP contribution is -2.15. The van der Waals surface area contributed by atoms with E-state index in [2.05, 4.69) is 10.1 Å². The topological polar surface area (TPSA) is 92.5 Å². The first-order valence-electron chi connectivity index (χ1n) is 7.83. The quantitative estimate of drug-likeness (QED) is 0.544. The molecule has 0 saturated heterocycles. The molecule has 4 aromatic rings. The molecule has 2 heterocycles. The van der Waals surface area contributed by atoms with Gasteiger partial charge in [0.05, 0.1) is 26.3 Å². The normalized spacial score (nSPS) is 11.0. The maximum atomic E-state index is 12.1. The number of aromatic nitrogens is 3. The molecule has 0 aliphatic heterocycles. The Morgan fingerprint density at radius 1 is 1.08 bits per heavy atom. The van der Waals surface area contributed by atoms with Crippen molar-refractivity contribution in [1.82, 2.24) is 14.7 Å². The van der Waals surface area contributed by atoms with Gasteiger partial charge in [0.25, 0.3) is 5.89 Å². The van der Waals surface area contributed by atoms with Crippen molar-refractivity contribution in [3.8, 4) is 23.0 Å². The second-order valence-electron chi connectivity index (χ2n) is 5.51. The second-order valence-corrected chi connectivity index (χ2v) is 5.51. The van der Waals surface area contributed by atoms with E-state index >= 15 is 0 Å². The van der Waals surface area contributed by atoms with Crippen LogP contribution in [-0.4, -0.2) is 28.9 Å². The third kappa shape index (κ3) is 2.71. The first kappa shape index (κ1) is 15.9. The van der Waals surface area contributed by atoms with Crippen molar-refractivity contribution in [3.05, 3.63) is 58.8 Å². The van der Waals surface area contributed by atoms with E-state index in [0.717, 1.165) is 0 Å². The molecular weight excluding hydrogens is 338 g/mol. The minimum atomic E-state index is -0.469. The summed E-state index contributed by atoms with van der Waals surface area (Å²) in [7, 11) is 3.12. The van der Waals surface area contributed by atoms with Gasteiger partial charge in [0.15, 0.2) is 22.9 Å². The average molecular weight is 353 g/mol. The number of oxazole rings is 1. The molecule has 0 aliphatic rings. The number of nitrogens with zero attached hydrogens (tertiary/aromatic N) is 3. The van der Waals surface area contributed by atoms with Crippen LogP contribution in [0.2, 0.25) is 0 Å². The molecule has 0 radical (unpaired) electrons. The summed E-state index contributed by atoms with van der Waals surface area (Å²) in [6.07, 6.45) is 0. The van der Waals surface area contributed by atoms with Gasteiger partial charge in [-0.25, -0.2) is 4.79 Å². The minimum Gasteiger partial charge on any atom is -0.493 e. The van der Waals surface area contributed by atoms with Crippen LogP contribution in [0.3, 0.4) is 0 Å². The molecule has 8 heteroatoms. The molecule has 2 aromatic heterocycles. The lowest BCUT2D eigenvalue weighted by Gasteiger charge is -2.07. The van der Waals surface area contributed by atoms with Crippen molar-refractivity contribution in [2.75, 3.05) is 14.2 Å². The highest BCUT2D eigenvalue weighted by molar-refractivity contribution is 5.72. The van der Waals surface area contributed by atoms with Crippen LogP contribution in [0.4, 0.5) is 0 Å². The highest BCUT2D eigenvalue weighted by atomic mass is 16.5. The largest absolute Gasteiger partial charge is 0.493 e. The molecule has 0 amide bonds. The zero-order valence-corrected chi connectivity index (χ0v) is 14.1. The predicted octanol–water partition coefficient (Wildman–Crippen LogP) is 2.71. The van der Waals surface area contributed by atoms with E-state index in [1.54, 1.807) is 50.6 Å². The van der Waals surface area contributed by atoms with Crippen molar-refractivity contribution < 1.29 is 18.4 Å². The maximum Gasteiger partial charge on any atom is 0.420 e. The van der Waals surface area contributed by atoms with Gasteiger partial charge in [-0.05, 0) is 30.3 Å². The molecule has 132 valence electrons. The Labute approximate surface area is 147 Å². The fraction of sp³-hybridized carbons (Fsp3) is 0.167. The Morgan fingerprint density at radius 2 is 1.88 bits per heavy atom. The number of ether oxygens (including phenoxy) is 2. The molecule has 0 unspecified atom stereocenters. The molecule has 0 N–H and O–H groups in total. The molecule has 26 heavy (non-hydrogen) atoms. The molecule has 0 atom stereocenters. The summed E-state index contributed by atoms with van der Waals surface area (Å²) in [5.74, 6) is 1.38. The van der Waals surface area contributed by atoms with Gasteiger partial charge in [-0.1, -0.05) is 17.3 Å². The molecule has 4 rings (SSSR count). The van der Waals surface area contributed by atoms with Crippen LogP contribution in [0.1, 0.15) is 5.82 Å². The maximum absolute atomic E-state index is 12.1. The highest BCUT2D eigenvalue weighted by Crippen LogP contribution is 2.31.